The van der Waals surface area contributed by atoms with Crippen LogP contribution in [0, 0.1) is 0 Å². The molecule has 0 amide bonds. The zero-order valence-corrected chi connectivity index (χ0v) is 70.3. The van der Waals surface area contributed by atoms with Gasteiger partial charge in [0.05, 0.1) is 14.3 Å². The summed E-state index contributed by atoms with van der Waals surface area (Å²) in [5.41, 5.74) is 0. The predicted octanol–water partition coefficient (Wildman–Crippen LogP) is -23.5. The molecular formula is C30H90O38P2V12. The third kappa shape index (κ3) is 17100. The van der Waals surface area contributed by atoms with E-state index in [4.69, 9.17) is 123 Å². The Bertz CT molecular complexity index is 242. The Morgan fingerprint density at radius 3 is 0.122 bits per heavy atom. The molecule has 0 aromatic heterocycles. The molecule has 0 heterocycles. The van der Waals surface area contributed by atoms with Gasteiger partial charge in [-0.25, -0.2) is 0 Å². The van der Waals surface area contributed by atoms with E-state index >= 15 is 0 Å². The smallest absolute Gasteiger partial charge is 2.00 e. The van der Waals surface area contributed by atoms with Gasteiger partial charge in [-0.2, -0.15) is 171 Å². The van der Waals surface area contributed by atoms with Crippen molar-refractivity contribution in [3.05, 3.63) is 0 Å². The summed E-state index contributed by atoms with van der Waals surface area (Å²) in [4.78, 5) is 0. The van der Waals surface area contributed by atoms with Crippen molar-refractivity contribution < 1.29 is 420 Å². The van der Waals surface area contributed by atoms with Gasteiger partial charge in [-0.15, -0.1) is 0 Å². The Morgan fingerprint density at radius 1 is 0.122 bits per heavy atom. The third-order valence-corrected chi connectivity index (χ3v) is 0. The predicted molar refractivity (Wildman–Crippen MR) is 201 cm³/mol. The van der Waals surface area contributed by atoms with Gasteiger partial charge < -0.3 is 197 Å². The van der Waals surface area contributed by atoms with Crippen LogP contribution in [0.1, 0.15) is 0 Å². The molecule has 0 aliphatic rings. The van der Waals surface area contributed by atoms with Crippen LogP contribution in [0.4, 0.5) is 0 Å². The van der Waals surface area contributed by atoms with E-state index in [2.05, 4.69) is 0 Å². The summed E-state index contributed by atoms with van der Waals surface area (Å²) in [5.74, 6) is 0. The molecule has 0 saturated heterocycles. The molecule has 0 N–H and O–H groups in total. The van der Waals surface area contributed by atoms with Gasteiger partial charge in [0, 0.05) is 0 Å². The molecule has 0 rings (SSSR count). The van der Waals surface area contributed by atoms with E-state index < -0.39 is 14.3 Å². The summed E-state index contributed by atoms with van der Waals surface area (Å²) in [6.07, 6.45) is 0. The second-order valence-electron chi connectivity index (χ2n) is 3.78. The minimum Gasteiger partial charge on any atom is -2.00 e. The average Bonchev–Trinajstić information content (AvgIpc) is 3.38. The molecular weight excluding hydrogens is 1640 g/mol. The molecule has 0 spiro atoms. The normalized spacial score (nSPS) is 3.20. The first-order valence-corrected chi connectivity index (χ1v) is 18.9. The standard InChI is InChI=1S/2C3H9OP.24CH3O.12O.12V/c2*1-5(2,3)4;24*1-2;;;;;;;;;;;;;;;;;;;;;;;;/h2*1-3H3;24*1H3;;;;;;;;;;;;;;;;;;;;;;;;/q;;24*-1;12*-2;12*+4. The van der Waals surface area contributed by atoms with Crippen molar-refractivity contribution in [2.24, 2.45) is 0 Å². The zero-order chi connectivity index (χ0) is 57.0. The Labute approximate surface area is 638 Å². The van der Waals surface area contributed by atoms with Gasteiger partial charge >= 0.3 is 223 Å². The van der Waals surface area contributed by atoms with Crippen molar-refractivity contribution in [3.8, 4) is 0 Å². The number of rotatable bonds is 0. The first kappa shape index (κ1) is 461. The first-order valence-electron chi connectivity index (χ1n) is 12.8. The molecule has 0 aliphatic heterocycles. The van der Waals surface area contributed by atoms with Gasteiger partial charge in [0.2, 0.25) is 0 Å². The molecule has 0 saturated carbocycles. The monoisotopic (exact) mass is 1730 g/mol. The average molecular weight is 1730 g/mol. The Kier molecular flexibility index (Phi) is 11100. The molecule has 0 atom stereocenters. The second kappa shape index (κ2) is 1980. The van der Waals surface area contributed by atoms with Gasteiger partial charge in [0.1, 0.15) is 0 Å². The number of hydrogen-bond acceptors (Lipinski definition) is 26. The van der Waals surface area contributed by atoms with Crippen LogP contribution >= 0.6 is 14.3 Å². The van der Waals surface area contributed by atoms with E-state index in [1.807, 2.05) is 0 Å². The molecule has 0 fully saturated rings. The summed E-state index contributed by atoms with van der Waals surface area (Å²) < 4.78 is 20.4. The van der Waals surface area contributed by atoms with Crippen LogP contribution in [0.2, 0.25) is 0 Å². The quantitative estimate of drug-likeness (QED) is 0.203. The molecule has 82 heavy (non-hydrogen) atoms. The Balaban J connectivity index is -0.00000000269. The van der Waals surface area contributed by atoms with Gasteiger partial charge in [0.15, 0.2) is 0 Å². The largest absolute Gasteiger partial charge is 4.00 e. The van der Waals surface area contributed by atoms with Crippen LogP contribution in [-0.4, -0.2) is 211 Å². The maximum atomic E-state index is 10.2. The van der Waals surface area contributed by atoms with Crippen molar-refractivity contribution in [3.63, 3.8) is 0 Å². The summed E-state index contributed by atoms with van der Waals surface area (Å²) in [6.45, 7) is 10.5. The fraction of sp³-hybridized carbons (Fsp3) is 1.00. The van der Waals surface area contributed by atoms with Gasteiger partial charge in [0.25, 0.3) is 0 Å². The van der Waals surface area contributed by atoms with Crippen LogP contribution in [0.15, 0.2) is 0 Å². The molecule has 508 valence electrons. The number of hydrogen-bond donors (Lipinski definition) is 0. The summed E-state index contributed by atoms with van der Waals surface area (Å²) in [7, 11) is 14.7. The second-order valence-corrected chi connectivity index (χ2v) is 11.3. The first-order chi connectivity index (χ1) is 28.0. The molecule has 0 aromatic carbocycles. The van der Waals surface area contributed by atoms with Crippen molar-refractivity contribution in [1.29, 1.82) is 0 Å². The molecule has 12 radical (unpaired) electrons. The van der Waals surface area contributed by atoms with Crippen LogP contribution in [0.3, 0.4) is 0 Å². The molecule has 52 heteroatoms. The SMILES string of the molecule is CP(C)(C)=O.CP(C)(C)=O.C[O-].C[O-].C[O-].C[O-].C[O-].C[O-].C[O-].C[O-].C[O-].C[O-].C[O-].C[O-].C[O-].C[O-].C[O-].C[O-].C[O-].C[O-].C[O-].C[O-].C[O-].C[O-].C[O-].C[O-].[O-2].[O-2].[O-2].[O-2].[O-2].[O-2].[O-2].[O-2].[O-2].[O-2].[O-2].[O-2].[V+4].[V+4].[V+4].[V+4].[V+4].[V+4].[V+4].[V+4].[V+4].[V+4].[V+4].[V+4]. The van der Waals surface area contributed by atoms with E-state index in [1.54, 1.807) is 40.0 Å². The minimum atomic E-state index is -1.64. The van der Waals surface area contributed by atoms with Crippen LogP contribution in [0.25, 0.3) is 0 Å². The fourth-order valence-corrected chi connectivity index (χ4v) is 0. The summed E-state index contributed by atoms with van der Waals surface area (Å²) >= 11 is 0. The van der Waals surface area contributed by atoms with Crippen LogP contribution in [-0.2, 0) is 298 Å². The van der Waals surface area contributed by atoms with Crippen LogP contribution in [0.5, 0.6) is 0 Å². The maximum absolute atomic E-state index is 10.2. The minimum absolute atomic E-state index is 0. The fourth-order valence-electron chi connectivity index (χ4n) is 0. The van der Waals surface area contributed by atoms with E-state index in [0.29, 0.717) is 0 Å². The van der Waals surface area contributed by atoms with E-state index in [0.717, 1.165) is 171 Å². The van der Waals surface area contributed by atoms with E-state index in [9.17, 15) is 9.13 Å². The van der Waals surface area contributed by atoms with Crippen molar-refractivity contribution in [1.82, 2.24) is 0 Å². The zero-order valence-electron chi connectivity index (χ0n) is 51.8. The van der Waals surface area contributed by atoms with E-state index in [-0.39, 0.29) is 288 Å². The summed E-state index contributed by atoms with van der Waals surface area (Å²) in [5, 5.41) is 198. The van der Waals surface area contributed by atoms with Crippen molar-refractivity contribution in [2.75, 3.05) is 211 Å². The Morgan fingerprint density at radius 2 is 0.122 bits per heavy atom. The molecule has 0 aliphatic carbocycles. The van der Waals surface area contributed by atoms with Gasteiger partial charge in [-0.05, 0) is 40.0 Å². The molecule has 0 unspecified atom stereocenters. The molecule has 38 nitrogen and oxygen atoms in total. The third-order valence-electron chi connectivity index (χ3n) is 0. The molecule has 0 bridgehead atoms. The van der Waals surface area contributed by atoms with Gasteiger partial charge in [-0.1, -0.05) is 0 Å². The van der Waals surface area contributed by atoms with Crippen LogP contribution < -0.4 is 123 Å². The van der Waals surface area contributed by atoms with Crippen molar-refractivity contribution in [2.45, 2.75) is 0 Å². The van der Waals surface area contributed by atoms with E-state index in [1.165, 1.54) is 0 Å². The van der Waals surface area contributed by atoms with Crippen molar-refractivity contribution >= 4 is 14.3 Å². The van der Waals surface area contributed by atoms with Gasteiger partial charge in [-0.3, -0.25) is 0 Å². The maximum Gasteiger partial charge on any atom is 4.00 e. The molecule has 0 aromatic rings. The summed E-state index contributed by atoms with van der Waals surface area (Å²) in [6, 6.07) is 0. The topological polar surface area (TPSA) is 930 Å². The Hall–Kier alpha value is 6.03.